The highest BCUT2D eigenvalue weighted by molar-refractivity contribution is 5.76. The summed E-state index contributed by atoms with van der Waals surface area (Å²) in [4.78, 5) is 13.2. The zero-order valence-electron chi connectivity index (χ0n) is 41.5. The number of unbranched alkanes of at least 4 members (excludes halogenated alkanes) is 11. The van der Waals surface area contributed by atoms with Crippen LogP contribution in [0.5, 0.6) is 0 Å². The summed E-state index contributed by atoms with van der Waals surface area (Å²) in [6.45, 7) is 1.56. The number of aliphatic hydroxyl groups is 11. The molecule has 0 spiro atoms. The molecule has 0 aromatic rings. The van der Waals surface area contributed by atoms with Crippen molar-refractivity contribution in [2.75, 3.05) is 26.4 Å². The summed E-state index contributed by atoms with van der Waals surface area (Å²) in [6.07, 6.45) is 8.11. The second-order valence-corrected chi connectivity index (χ2v) is 18.6. The lowest BCUT2D eigenvalue weighted by atomic mass is 9.96. The smallest absolute Gasteiger partial charge is 0.220 e. The third kappa shape index (κ3) is 21.3. The Labute approximate surface area is 414 Å². The molecule has 19 heteroatoms. The molecule has 3 heterocycles. The first-order valence-corrected chi connectivity index (χ1v) is 25.9. The summed E-state index contributed by atoms with van der Waals surface area (Å²) >= 11 is 0. The summed E-state index contributed by atoms with van der Waals surface area (Å²) in [5.41, 5.74) is 0. The van der Waals surface area contributed by atoms with Crippen molar-refractivity contribution in [2.24, 2.45) is 0 Å². The fourth-order valence-electron chi connectivity index (χ4n) is 8.59. The van der Waals surface area contributed by atoms with Crippen LogP contribution < -0.4 is 5.32 Å². The highest BCUT2D eigenvalue weighted by atomic mass is 16.8. The van der Waals surface area contributed by atoms with Crippen molar-refractivity contribution >= 4 is 5.91 Å². The molecule has 17 atom stereocenters. The molecule has 70 heavy (non-hydrogen) atoms. The standard InChI is InChI=1S/C51H89NO18/c1-3-5-7-9-11-13-14-15-16-17-18-19-20-21-23-25-27-29-39(57)52-34(35(56)28-26-24-22-12-10-8-6-4-2)33-65-49-45(63)42(60)47(37(31-54)67-49)70-51-46(64)43(61)48(38(32-55)68-51)69-50-44(62)41(59)40(58)36(30-53)66-50/h5,7,11,13,15-16,18-19,34-38,40-51,53-56,58-64H,3-4,6,8-10,12,14,17,20-33H2,1-2H3,(H,52,57)/b7-5-,13-11-,16-15-,19-18-. The Hall–Kier alpha value is -2.25. The molecular weight excluding hydrogens is 915 g/mol. The van der Waals surface area contributed by atoms with E-state index in [0.717, 1.165) is 83.5 Å². The van der Waals surface area contributed by atoms with Crippen molar-refractivity contribution in [1.29, 1.82) is 0 Å². The lowest BCUT2D eigenvalue weighted by molar-refractivity contribution is -0.379. The fourth-order valence-corrected chi connectivity index (χ4v) is 8.59. The summed E-state index contributed by atoms with van der Waals surface area (Å²) in [7, 11) is 0. The van der Waals surface area contributed by atoms with Crippen LogP contribution in [0.1, 0.15) is 136 Å². The molecule has 0 aliphatic carbocycles. The van der Waals surface area contributed by atoms with Crippen LogP contribution in [0.15, 0.2) is 48.6 Å². The van der Waals surface area contributed by atoms with Gasteiger partial charge in [0.15, 0.2) is 18.9 Å². The van der Waals surface area contributed by atoms with E-state index in [4.69, 9.17) is 28.4 Å². The zero-order valence-corrected chi connectivity index (χ0v) is 41.5. The quantitative estimate of drug-likeness (QED) is 0.0319. The number of hydrogen-bond donors (Lipinski definition) is 12. The first-order valence-electron chi connectivity index (χ1n) is 25.9. The minimum absolute atomic E-state index is 0.235. The van der Waals surface area contributed by atoms with E-state index in [2.05, 4.69) is 67.8 Å². The van der Waals surface area contributed by atoms with Gasteiger partial charge in [0.05, 0.1) is 38.6 Å². The summed E-state index contributed by atoms with van der Waals surface area (Å²) in [5.74, 6) is -0.274. The van der Waals surface area contributed by atoms with E-state index in [9.17, 15) is 61.0 Å². The molecule has 0 radical (unpaired) electrons. The highest BCUT2D eigenvalue weighted by Gasteiger charge is 2.53. The van der Waals surface area contributed by atoms with Gasteiger partial charge in [0.1, 0.15) is 73.2 Å². The van der Waals surface area contributed by atoms with Gasteiger partial charge in [0.2, 0.25) is 5.91 Å². The number of carbonyl (C=O) groups excluding carboxylic acids is 1. The number of allylic oxidation sites excluding steroid dienone is 8. The Kier molecular flexibility index (Phi) is 31.8. The molecule has 0 saturated carbocycles. The number of hydrogen-bond acceptors (Lipinski definition) is 18. The van der Waals surface area contributed by atoms with Gasteiger partial charge in [-0.15, -0.1) is 0 Å². The predicted molar refractivity (Wildman–Crippen MR) is 259 cm³/mol. The van der Waals surface area contributed by atoms with Crippen LogP contribution >= 0.6 is 0 Å². The SMILES string of the molecule is CC/C=C\C/C=C\C/C=C\C/C=C\CCCCCCC(=O)NC(COC1OC(CO)C(OC2OC(CO)C(OC3OC(CO)C(O)C(O)C3O)C(O)C2O)C(O)C1O)C(O)CCCCCCCCCC. The average molecular weight is 1000 g/mol. The zero-order chi connectivity index (χ0) is 51.3. The van der Waals surface area contributed by atoms with Crippen molar-refractivity contribution in [3.8, 4) is 0 Å². The monoisotopic (exact) mass is 1000 g/mol. The molecule has 19 nitrogen and oxygen atoms in total. The maximum Gasteiger partial charge on any atom is 0.220 e. The lowest BCUT2D eigenvalue weighted by Crippen LogP contribution is -2.66. The van der Waals surface area contributed by atoms with E-state index in [-0.39, 0.29) is 18.9 Å². The number of nitrogens with one attached hydrogen (secondary N) is 1. The molecular formula is C51H89NO18. The molecule has 3 rings (SSSR count). The van der Waals surface area contributed by atoms with Gasteiger partial charge in [-0.2, -0.15) is 0 Å². The molecule has 12 N–H and O–H groups in total. The van der Waals surface area contributed by atoms with Gasteiger partial charge in [-0.1, -0.05) is 127 Å². The van der Waals surface area contributed by atoms with Gasteiger partial charge in [0.25, 0.3) is 0 Å². The molecule has 0 aromatic carbocycles. The van der Waals surface area contributed by atoms with Gasteiger partial charge in [-0.05, 0) is 51.4 Å². The highest BCUT2D eigenvalue weighted by Crippen LogP contribution is 2.33. The van der Waals surface area contributed by atoms with E-state index in [1.807, 2.05) is 0 Å². The topological polar surface area (TPSA) is 307 Å². The largest absolute Gasteiger partial charge is 0.394 e. The van der Waals surface area contributed by atoms with Gasteiger partial charge < -0.3 is 89.9 Å². The van der Waals surface area contributed by atoms with Crippen LogP contribution in [-0.2, 0) is 33.2 Å². The normalized spacial score (nSPS) is 33.0. The number of amides is 1. The van der Waals surface area contributed by atoms with Crippen molar-refractivity contribution in [2.45, 2.75) is 240 Å². The molecule has 406 valence electrons. The Morgan fingerprint density at radius 1 is 0.529 bits per heavy atom. The first-order chi connectivity index (χ1) is 33.8. The molecule has 17 unspecified atom stereocenters. The van der Waals surface area contributed by atoms with Crippen molar-refractivity contribution < 1.29 is 89.4 Å². The second kappa shape index (κ2) is 35.8. The van der Waals surface area contributed by atoms with Gasteiger partial charge in [-0.25, -0.2) is 0 Å². The van der Waals surface area contributed by atoms with E-state index < -0.39 is 124 Å². The van der Waals surface area contributed by atoms with Crippen LogP contribution in [0.2, 0.25) is 0 Å². The Morgan fingerprint density at radius 2 is 0.986 bits per heavy atom. The molecule has 0 bridgehead atoms. The third-order valence-corrected chi connectivity index (χ3v) is 12.9. The third-order valence-electron chi connectivity index (χ3n) is 12.9. The van der Waals surface area contributed by atoms with Crippen LogP contribution in [0, 0.1) is 0 Å². The van der Waals surface area contributed by atoms with E-state index in [0.29, 0.717) is 12.8 Å². The maximum atomic E-state index is 13.2. The van der Waals surface area contributed by atoms with Crippen LogP contribution in [0.3, 0.4) is 0 Å². The number of rotatable bonds is 35. The van der Waals surface area contributed by atoms with Crippen LogP contribution in [0.25, 0.3) is 0 Å². The maximum absolute atomic E-state index is 13.2. The average Bonchev–Trinajstić information content (AvgIpc) is 3.35. The van der Waals surface area contributed by atoms with Gasteiger partial charge in [0, 0.05) is 6.42 Å². The van der Waals surface area contributed by atoms with Crippen molar-refractivity contribution in [1.82, 2.24) is 5.32 Å². The molecule has 1 amide bonds. The number of aliphatic hydroxyl groups excluding tert-OH is 11. The second-order valence-electron chi connectivity index (χ2n) is 18.6. The predicted octanol–water partition coefficient (Wildman–Crippen LogP) is 1.97. The van der Waals surface area contributed by atoms with E-state index >= 15 is 0 Å². The van der Waals surface area contributed by atoms with Crippen LogP contribution in [0.4, 0.5) is 0 Å². The van der Waals surface area contributed by atoms with Crippen molar-refractivity contribution in [3.63, 3.8) is 0 Å². The minimum atomic E-state index is -1.97. The molecule has 3 saturated heterocycles. The summed E-state index contributed by atoms with van der Waals surface area (Å²) in [5, 5.41) is 120. The van der Waals surface area contributed by atoms with E-state index in [1.54, 1.807) is 0 Å². The number of ether oxygens (including phenoxy) is 6. The number of carbonyl (C=O) groups is 1. The Balaban J connectivity index is 1.53. The van der Waals surface area contributed by atoms with Crippen molar-refractivity contribution in [3.05, 3.63) is 48.6 Å². The Bertz CT molecular complexity index is 1480. The van der Waals surface area contributed by atoms with E-state index in [1.165, 1.54) is 19.3 Å². The van der Waals surface area contributed by atoms with Gasteiger partial charge in [-0.3, -0.25) is 4.79 Å². The van der Waals surface area contributed by atoms with Crippen LogP contribution in [-0.4, -0.2) is 193 Å². The first kappa shape index (κ1) is 62.0. The van der Waals surface area contributed by atoms with Gasteiger partial charge >= 0.3 is 0 Å². The lowest BCUT2D eigenvalue weighted by Gasteiger charge is -2.48. The molecule has 3 aliphatic heterocycles. The molecule has 3 fully saturated rings. The molecule has 3 aliphatic rings. The summed E-state index contributed by atoms with van der Waals surface area (Å²) in [6, 6.07) is -0.898. The summed E-state index contributed by atoms with van der Waals surface area (Å²) < 4.78 is 34.1. The Morgan fingerprint density at radius 3 is 1.54 bits per heavy atom. The fraction of sp³-hybridized carbons (Fsp3) is 0.824. The molecule has 0 aromatic heterocycles. The minimum Gasteiger partial charge on any atom is -0.394 e.